The van der Waals surface area contributed by atoms with Gasteiger partial charge < -0.3 is 0 Å². The Morgan fingerprint density at radius 3 is 2.44 bits per heavy atom. The molecule has 0 spiro atoms. The van der Waals surface area contributed by atoms with Crippen LogP contribution in [0.15, 0.2) is 0 Å². The van der Waals surface area contributed by atoms with Crippen molar-refractivity contribution < 1.29 is 0 Å². The third kappa shape index (κ3) is 9.96. The van der Waals surface area contributed by atoms with Crippen molar-refractivity contribution in [2.75, 3.05) is 5.75 Å². The second-order valence-corrected chi connectivity index (χ2v) is 22.7. The van der Waals surface area contributed by atoms with Crippen LogP contribution in [0.5, 0.6) is 0 Å². The van der Waals surface area contributed by atoms with E-state index in [9.17, 15) is 0 Å². The summed E-state index contributed by atoms with van der Waals surface area (Å²) in [5.74, 6) is 1.17. The highest BCUT2D eigenvalue weighted by atomic mass is 79.9. The first-order valence-electron chi connectivity index (χ1n) is 2.70. The minimum Gasteiger partial charge on any atom is -0.103 e. The van der Waals surface area contributed by atoms with Gasteiger partial charge in [0.05, 0.1) is 0 Å². The van der Waals surface area contributed by atoms with Crippen LogP contribution in [-0.2, 0) is 11.8 Å². The average molecular weight is 312 g/mol. The highest BCUT2D eigenvalue weighted by molar-refractivity contribution is 9.83. The van der Waals surface area contributed by atoms with Gasteiger partial charge in [-0.3, -0.25) is 0 Å². The maximum atomic E-state index is 5.11. The van der Waals surface area contributed by atoms with Crippen LogP contribution in [0.4, 0.5) is 0 Å². The molecule has 56 valence electrons. The summed E-state index contributed by atoms with van der Waals surface area (Å²) >= 11 is 13.8. The lowest BCUT2D eigenvalue weighted by Gasteiger charge is -2.02. The molecule has 0 N–H and O–H groups in total. The molecule has 5 heteroatoms. The Morgan fingerprint density at radius 2 is 2.11 bits per heavy atom. The number of hydrogen-bond donors (Lipinski definition) is 0. The molecular formula is C4H9Br2PS2. The van der Waals surface area contributed by atoms with E-state index in [1.165, 1.54) is 18.6 Å². The maximum Gasteiger partial charge on any atom is 0.127 e. The number of rotatable bonds is 4. The average Bonchev–Trinajstić information content (AvgIpc) is 1.63. The van der Waals surface area contributed by atoms with Gasteiger partial charge >= 0.3 is 0 Å². The Kier molecular flexibility index (Phi) is 6.81. The fourth-order valence-corrected chi connectivity index (χ4v) is 5.25. The van der Waals surface area contributed by atoms with E-state index in [2.05, 4.69) is 37.9 Å². The van der Waals surface area contributed by atoms with Gasteiger partial charge in [0.1, 0.15) is 2.64 Å². The fraction of sp³-hybridized carbons (Fsp3) is 1.00. The molecule has 0 aromatic carbocycles. The number of hydrogen-bond acceptors (Lipinski definition) is 2. The standard InChI is InChI=1S/C4H9Br2PS2/c1-2-3-4-9-7(5,6)8/h2-4H2,1H3. The Labute approximate surface area is 81.8 Å². The van der Waals surface area contributed by atoms with Crippen molar-refractivity contribution in [3.05, 3.63) is 0 Å². The van der Waals surface area contributed by atoms with E-state index >= 15 is 0 Å². The summed E-state index contributed by atoms with van der Waals surface area (Å²) in [6.07, 6.45) is 2.52. The lowest BCUT2D eigenvalue weighted by atomic mass is 10.4. The van der Waals surface area contributed by atoms with Gasteiger partial charge in [-0.2, -0.15) is 0 Å². The zero-order valence-corrected chi connectivity index (χ0v) is 10.8. The van der Waals surface area contributed by atoms with Crippen molar-refractivity contribution >= 4 is 56.8 Å². The first kappa shape index (κ1) is 11.0. The summed E-state index contributed by atoms with van der Waals surface area (Å²) in [4.78, 5) is 0. The Morgan fingerprint density at radius 1 is 1.56 bits per heavy atom. The topological polar surface area (TPSA) is 0 Å². The van der Waals surface area contributed by atoms with Gasteiger partial charge in [-0.15, -0.1) is 11.4 Å². The van der Waals surface area contributed by atoms with E-state index in [0.717, 1.165) is 0 Å². The predicted octanol–water partition coefficient (Wildman–Crippen LogP) is 4.53. The second-order valence-electron chi connectivity index (χ2n) is 1.60. The van der Waals surface area contributed by atoms with Crippen molar-refractivity contribution in [2.24, 2.45) is 0 Å². The van der Waals surface area contributed by atoms with Crippen molar-refractivity contribution in [2.45, 2.75) is 19.8 Å². The van der Waals surface area contributed by atoms with Crippen LogP contribution in [0.3, 0.4) is 0 Å². The minimum atomic E-state index is -1.32. The highest BCUT2D eigenvalue weighted by Gasteiger charge is 2.05. The number of halogens is 2. The van der Waals surface area contributed by atoms with Gasteiger partial charge in [-0.25, -0.2) is 0 Å². The minimum absolute atomic E-state index is 1.17. The third-order valence-corrected chi connectivity index (χ3v) is 7.60. The largest absolute Gasteiger partial charge is 0.127 e. The smallest absolute Gasteiger partial charge is 0.103 e. The molecular weight excluding hydrogens is 303 g/mol. The quantitative estimate of drug-likeness (QED) is 0.552. The molecule has 0 aromatic rings. The molecule has 0 aliphatic carbocycles. The Bertz CT molecular complexity index is 111. The Hall–Kier alpha value is 1.96. The van der Waals surface area contributed by atoms with Gasteiger partial charge in [0, 0.05) is 0 Å². The summed E-state index contributed by atoms with van der Waals surface area (Å²) < 4.78 is -1.32. The van der Waals surface area contributed by atoms with Crippen LogP contribution in [0, 0.1) is 0 Å². The van der Waals surface area contributed by atoms with Crippen molar-refractivity contribution in [3.8, 4) is 0 Å². The van der Waals surface area contributed by atoms with Crippen molar-refractivity contribution in [1.82, 2.24) is 0 Å². The van der Waals surface area contributed by atoms with E-state index < -0.39 is 2.64 Å². The van der Waals surface area contributed by atoms with Crippen LogP contribution in [0.1, 0.15) is 19.8 Å². The molecule has 0 atom stereocenters. The molecule has 0 saturated carbocycles. The van der Waals surface area contributed by atoms with E-state index in [1.807, 2.05) is 11.4 Å². The molecule has 0 heterocycles. The summed E-state index contributed by atoms with van der Waals surface area (Å²) in [5.41, 5.74) is 0. The monoisotopic (exact) mass is 310 g/mol. The van der Waals surface area contributed by atoms with E-state index in [1.54, 1.807) is 0 Å². The molecule has 0 nitrogen and oxygen atoms in total. The zero-order valence-electron chi connectivity index (χ0n) is 5.14. The molecule has 0 rings (SSSR count). The van der Waals surface area contributed by atoms with Crippen molar-refractivity contribution in [1.29, 1.82) is 0 Å². The molecule has 0 bridgehead atoms. The van der Waals surface area contributed by atoms with Crippen molar-refractivity contribution in [3.63, 3.8) is 0 Å². The lowest BCUT2D eigenvalue weighted by Crippen LogP contribution is -1.71. The number of unbranched alkanes of at least 4 members (excludes halogenated alkanes) is 1. The fourth-order valence-electron chi connectivity index (χ4n) is 0.315. The molecule has 9 heavy (non-hydrogen) atoms. The van der Waals surface area contributed by atoms with Crippen LogP contribution in [0.25, 0.3) is 0 Å². The first-order chi connectivity index (χ1) is 4.06. The van der Waals surface area contributed by atoms with E-state index in [0.29, 0.717) is 0 Å². The van der Waals surface area contributed by atoms with E-state index in [4.69, 9.17) is 11.8 Å². The van der Waals surface area contributed by atoms with Crippen LogP contribution in [0.2, 0.25) is 0 Å². The van der Waals surface area contributed by atoms with E-state index in [-0.39, 0.29) is 0 Å². The molecule has 0 radical (unpaired) electrons. The lowest BCUT2D eigenvalue weighted by molar-refractivity contribution is 0.898. The van der Waals surface area contributed by atoms with Crippen LogP contribution in [-0.4, -0.2) is 5.75 Å². The SMILES string of the molecule is CCCCSP(=S)(Br)Br. The summed E-state index contributed by atoms with van der Waals surface area (Å²) in [5, 5.41) is 0. The van der Waals surface area contributed by atoms with Gasteiger partial charge in [-0.05, 0) is 43.2 Å². The maximum absolute atomic E-state index is 5.11. The second kappa shape index (κ2) is 5.59. The summed E-state index contributed by atoms with van der Waals surface area (Å²) in [6, 6.07) is 0. The molecule has 0 unspecified atom stereocenters. The molecule has 0 aliphatic heterocycles. The normalized spacial score (nSPS) is 11.9. The first-order valence-corrected chi connectivity index (χ1v) is 11.1. The molecule has 0 aliphatic rings. The van der Waals surface area contributed by atoms with Crippen LogP contribution < -0.4 is 0 Å². The summed E-state index contributed by atoms with van der Waals surface area (Å²) in [7, 11) is 0. The molecule has 0 aromatic heterocycles. The van der Waals surface area contributed by atoms with Gasteiger partial charge in [0.25, 0.3) is 0 Å². The molecule has 0 amide bonds. The summed E-state index contributed by atoms with van der Waals surface area (Å²) in [6.45, 7) is 2.19. The zero-order chi connectivity index (χ0) is 7.33. The van der Waals surface area contributed by atoms with Gasteiger partial charge in [-0.1, -0.05) is 25.2 Å². The molecule has 0 saturated heterocycles. The third-order valence-electron chi connectivity index (χ3n) is 0.739. The van der Waals surface area contributed by atoms with Gasteiger partial charge in [0.2, 0.25) is 0 Å². The highest BCUT2D eigenvalue weighted by Crippen LogP contribution is 2.72. The molecule has 0 fully saturated rings. The van der Waals surface area contributed by atoms with Gasteiger partial charge in [0.15, 0.2) is 0 Å². The van der Waals surface area contributed by atoms with Crippen LogP contribution >= 0.6 is 45.0 Å². The predicted molar refractivity (Wildman–Crippen MR) is 59.5 cm³/mol. The Balaban J connectivity index is 3.18.